The Morgan fingerprint density at radius 3 is 2.71 bits per heavy atom. The Balaban J connectivity index is 2.34. The lowest BCUT2D eigenvalue weighted by molar-refractivity contribution is -0.136. The maximum atomic E-state index is 13.4. The van der Waals surface area contributed by atoms with Crippen molar-refractivity contribution in [3.05, 3.63) is 58.4 Å². The van der Waals surface area contributed by atoms with Gasteiger partial charge in [-0.05, 0) is 42.3 Å². The molecule has 0 aliphatic heterocycles. The van der Waals surface area contributed by atoms with Gasteiger partial charge in [0.2, 0.25) is 0 Å². The summed E-state index contributed by atoms with van der Waals surface area (Å²) in [7, 11) is 5.83. The van der Waals surface area contributed by atoms with Crippen molar-refractivity contribution in [3.8, 4) is 11.3 Å². The second-order valence-corrected chi connectivity index (χ2v) is 5.95. The molecule has 1 N–H and O–H groups in total. The van der Waals surface area contributed by atoms with E-state index in [2.05, 4.69) is 4.98 Å². The number of carboxylic acids is 1. The van der Waals surface area contributed by atoms with Crippen LogP contribution in [0.15, 0.2) is 36.4 Å². The third-order valence-electron chi connectivity index (χ3n) is 3.92. The molecule has 3 nitrogen and oxygen atoms in total. The molecule has 2 aromatic carbocycles. The molecular formula is C18H12BClFNO2. The van der Waals surface area contributed by atoms with Gasteiger partial charge in [0.05, 0.1) is 22.7 Å². The Morgan fingerprint density at radius 1 is 1.29 bits per heavy atom. The van der Waals surface area contributed by atoms with Gasteiger partial charge < -0.3 is 5.11 Å². The molecule has 0 spiro atoms. The van der Waals surface area contributed by atoms with Gasteiger partial charge >= 0.3 is 5.97 Å². The van der Waals surface area contributed by atoms with Gasteiger partial charge in [-0.1, -0.05) is 29.2 Å². The average Bonchev–Trinajstić information content (AvgIpc) is 2.53. The van der Waals surface area contributed by atoms with E-state index in [1.165, 1.54) is 18.2 Å². The summed E-state index contributed by atoms with van der Waals surface area (Å²) in [5.41, 5.74) is 3.65. The van der Waals surface area contributed by atoms with E-state index in [0.717, 1.165) is 10.9 Å². The molecule has 0 unspecified atom stereocenters. The second-order valence-electron chi connectivity index (χ2n) is 5.54. The first-order valence-corrected chi connectivity index (χ1v) is 7.60. The molecule has 3 rings (SSSR count). The van der Waals surface area contributed by atoms with E-state index in [0.29, 0.717) is 27.8 Å². The largest absolute Gasteiger partial charge is 0.481 e. The van der Waals surface area contributed by atoms with Crippen LogP contribution in [0, 0.1) is 12.7 Å². The molecule has 0 amide bonds. The average molecular weight is 340 g/mol. The highest BCUT2D eigenvalue weighted by atomic mass is 35.5. The Hall–Kier alpha value is -2.40. The molecule has 0 saturated heterocycles. The van der Waals surface area contributed by atoms with E-state index >= 15 is 0 Å². The minimum Gasteiger partial charge on any atom is -0.481 e. The number of carbonyl (C=O) groups is 1. The molecule has 1 aromatic heterocycles. The molecule has 0 saturated carbocycles. The number of hydrogen-bond donors (Lipinski definition) is 1. The first kappa shape index (κ1) is 16.5. The van der Waals surface area contributed by atoms with Crippen LogP contribution in [0.4, 0.5) is 4.39 Å². The first-order valence-electron chi connectivity index (χ1n) is 7.22. The molecule has 3 aromatic rings. The number of aryl methyl sites for hydroxylation is 1. The van der Waals surface area contributed by atoms with Crippen LogP contribution in [0.2, 0.25) is 5.02 Å². The van der Waals surface area contributed by atoms with Crippen LogP contribution in [-0.4, -0.2) is 23.9 Å². The maximum absolute atomic E-state index is 13.4. The van der Waals surface area contributed by atoms with Crippen LogP contribution in [-0.2, 0) is 11.2 Å². The number of pyridine rings is 1. The zero-order valence-electron chi connectivity index (χ0n) is 12.8. The quantitative estimate of drug-likeness (QED) is 0.744. The SMILES string of the molecule is [B]c1ccc2nc(-c3ccc(F)c(Cl)c3)c(CC(=O)O)c(C)c2c1. The van der Waals surface area contributed by atoms with Gasteiger partial charge in [-0.3, -0.25) is 4.79 Å². The monoisotopic (exact) mass is 339 g/mol. The maximum Gasteiger partial charge on any atom is 0.307 e. The zero-order chi connectivity index (χ0) is 17.4. The van der Waals surface area contributed by atoms with E-state index in [1.54, 1.807) is 18.2 Å². The Morgan fingerprint density at radius 2 is 2.04 bits per heavy atom. The third-order valence-corrected chi connectivity index (χ3v) is 4.21. The fraction of sp³-hybridized carbons (Fsp3) is 0.111. The molecule has 0 fully saturated rings. The lowest BCUT2D eigenvalue weighted by Crippen LogP contribution is -2.08. The van der Waals surface area contributed by atoms with Crippen molar-refractivity contribution in [1.29, 1.82) is 0 Å². The summed E-state index contributed by atoms with van der Waals surface area (Å²) >= 11 is 5.86. The predicted octanol–water partition coefficient (Wildman–Crippen LogP) is 3.42. The summed E-state index contributed by atoms with van der Waals surface area (Å²) < 4.78 is 13.4. The highest BCUT2D eigenvalue weighted by molar-refractivity contribution is 6.33. The second kappa shape index (κ2) is 6.25. The number of carboxylic acid groups (broad SMARTS) is 1. The molecule has 24 heavy (non-hydrogen) atoms. The summed E-state index contributed by atoms with van der Waals surface area (Å²) in [6.45, 7) is 1.83. The lowest BCUT2D eigenvalue weighted by Gasteiger charge is -2.15. The van der Waals surface area contributed by atoms with Crippen molar-refractivity contribution in [1.82, 2.24) is 4.98 Å². The third kappa shape index (κ3) is 2.99. The number of nitrogens with zero attached hydrogens (tertiary/aromatic N) is 1. The molecule has 2 radical (unpaired) electrons. The predicted molar refractivity (Wildman–Crippen MR) is 93.6 cm³/mol. The summed E-state index contributed by atoms with van der Waals surface area (Å²) in [5, 5.41) is 10.0. The van der Waals surface area contributed by atoms with Gasteiger partial charge in [0.15, 0.2) is 0 Å². The molecular weight excluding hydrogens is 327 g/mol. The fourth-order valence-electron chi connectivity index (χ4n) is 2.73. The Bertz CT molecular complexity index is 975. The van der Waals surface area contributed by atoms with E-state index in [4.69, 9.17) is 19.4 Å². The van der Waals surface area contributed by atoms with Crippen LogP contribution >= 0.6 is 11.6 Å². The number of aliphatic carboxylic acids is 1. The smallest absolute Gasteiger partial charge is 0.307 e. The summed E-state index contributed by atoms with van der Waals surface area (Å²) in [5.74, 6) is -1.51. The number of rotatable bonds is 3. The summed E-state index contributed by atoms with van der Waals surface area (Å²) in [6.07, 6.45) is -0.200. The number of benzene rings is 2. The van der Waals surface area contributed by atoms with Gasteiger partial charge in [-0.15, -0.1) is 0 Å². The van der Waals surface area contributed by atoms with Crippen molar-refractivity contribution in [2.24, 2.45) is 0 Å². The molecule has 0 aliphatic carbocycles. The van der Waals surface area contributed by atoms with E-state index < -0.39 is 11.8 Å². The minimum atomic E-state index is -0.974. The Kier molecular flexibility index (Phi) is 4.29. The van der Waals surface area contributed by atoms with E-state index in [-0.39, 0.29) is 11.4 Å². The van der Waals surface area contributed by atoms with E-state index in [1.807, 2.05) is 6.92 Å². The normalized spacial score (nSPS) is 11.0. The molecule has 0 aliphatic rings. The molecule has 6 heteroatoms. The van der Waals surface area contributed by atoms with Gasteiger partial charge in [0.25, 0.3) is 0 Å². The molecule has 1 heterocycles. The van der Waals surface area contributed by atoms with Gasteiger partial charge in [-0.2, -0.15) is 0 Å². The van der Waals surface area contributed by atoms with Crippen molar-refractivity contribution in [2.75, 3.05) is 0 Å². The van der Waals surface area contributed by atoms with Crippen LogP contribution in [0.1, 0.15) is 11.1 Å². The highest BCUT2D eigenvalue weighted by Gasteiger charge is 2.17. The van der Waals surface area contributed by atoms with Crippen LogP contribution < -0.4 is 5.46 Å². The van der Waals surface area contributed by atoms with Crippen molar-refractivity contribution >= 4 is 41.8 Å². The lowest BCUT2D eigenvalue weighted by atomic mass is 9.90. The Labute approximate surface area is 144 Å². The number of aromatic nitrogens is 1. The number of hydrogen-bond acceptors (Lipinski definition) is 2. The summed E-state index contributed by atoms with van der Waals surface area (Å²) in [6, 6.07) is 9.51. The molecule has 0 atom stereocenters. The van der Waals surface area contributed by atoms with Crippen molar-refractivity contribution in [2.45, 2.75) is 13.3 Å². The molecule has 0 bridgehead atoms. The number of fused-ring (bicyclic) bond motifs is 1. The van der Waals surface area contributed by atoms with Crippen LogP contribution in [0.5, 0.6) is 0 Å². The van der Waals surface area contributed by atoms with Crippen molar-refractivity contribution in [3.63, 3.8) is 0 Å². The summed E-state index contributed by atoms with van der Waals surface area (Å²) in [4.78, 5) is 15.9. The zero-order valence-corrected chi connectivity index (χ0v) is 13.6. The van der Waals surface area contributed by atoms with Gasteiger partial charge in [-0.25, -0.2) is 9.37 Å². The van der Waals surface area contributed by atoms with E-state index in [9.17, 15) is 14.3 Å². The first-order chi connectivity index (χ1) is 11.4. The minimum absolute atomic E-state index is 0.0365. The highest BCUT2D eigenvalue weighted by Crippen LogP contribution is 2.31. The van der Waals surface area contributed by atoms with Gasteiger partial charge in [0, 0.05) is 10.9 Å². The topological polar surface area (TPSA) is 50.2 Å². The van der Waals surface area contributed by atoms with Crippen LogP contribution in [0.25, 0.3) is 22.2 Å². The standard InChI is InChI=1S/C18H12BClFNO2/c1-9-12-7-11(19)3-5-16(12)22-18(13(9)8-17(23)24)10-2-4-15(21)14(20)6-10/h2-7H,8H2,1H3,(H,23,24). The van der Waals surface area contributed by atoms with Crippen LogP contribution in [0.3, 0.4) is 0 Å². The van der Waals surface area contributed by atoms with Crippen molar-refractivity contribution < 1.29 is 14.3 Å². The fourth-order valence-corrected chi connectivity index (χ4v) is 2.91. The number of halogens is 2. The van der Waals surface area contributed by atoms with Gasteiger partial charge in [0.1, 0.15) is 13.7 Å². The molecule has 118 valence electrons.